The molecule has 0 aliphatic carbocycles. The molecule has 1 amide bonds. The maximum absolute atomic E-state index is 12.8. The van der Waals surface area contributed by atoms with E-state index in [1.807, 2.05) is 18.2 Å². The van der Waals surface area contributed by atoms with Gasteiger partial charge in [-0.25, -0.2) is 4.68 Å². The summed E-state index contributed by atoms with van der Waals surface area (Å²) in [5.41, 5.74) is 2.76. The summed E-state index contributed by atoms with van der Waals surface area (Å²) < 4.78 is 44.7. The fraction of sp³-hybridized carbons (Fsp3) is 0.0455. The first kappa shape index (κ1) is 19.6. The highest BCUT2D eigenvalue weighted by atomic mass is 19.4. The van der Waals surface area contributed by atoms with Crippen molar-refractivity contribution in [1.29, 1.82) is 0 Å². The number of halogens is 3. The van der Waals surface area contributed by atoms with Crippen LogP contribution in [0.25, 0.3) is 27.7 Å². The predicted molar refractivity (Wildman–Crippen MR) is 110 cm³/mol. The number of hydrogen-bond donors (Lipinski definition) is 2. The van der Waals surface area contributed by atoms with E-state index in [9.17, 15) is 18.0 Å². The summed E-state index contributed by atoms with van der Waals surface area (Å²) in [6.07, 6.45) is 2.02. The van der Waals surface area contributed by atoms with Crippen molar-refractivity contribution in [2.45, 2.75) is 6.18 Å². The van der Waals surface area contributed by atoms with Crippen molar-refractivity contribution in [1.82, 2.24) is 19.9 Å². The SMILES string of the molecule is O=C(Nc1c[nH]c2ccc(-c3cnn(-c4ccc(C(F)(F)F)cc4)c3)cc12)c1ccno1. The van der Waals surface area contributed by atoms with E-state index in [2.05, 4.69) is 20.6 Å². The van der Waals surface area contributed by atoms with Gasteiger partial charge >= 0.3 is 6.18 Å². The second-order valence-corrected chi connectivity index (χ2v) is 7.01. The number of nitrogens with one attached hydrogen (secondary N) is 2. The number of benzene rings is 2. The maximum atomic E-state index is 12.8. The zero-order chi connectivity index (χ0) is 22.3. The molecule has 7 nitrogen and oxygen atoms in total. The van der Waals surface area contributed by atoms with E-state index in [1.165, 1.54) is 29.1 Å². The van der Waals surface area contributed by atoms with Gasteiger partial charge in [0, 0.05) is 34.9 Å². The minimum atomic E-state index is -4.39. The average molecular weight is 437 g/mol. The van der Waals surface area contributed by atoms with Gasteiger partial charge in [0.2, 0.25) is 5.76 Å². The third kappa shape index (κ3) is 3.62. The molecule has 0 aliphatic heterocycles. The van der Waals surface area contributed by atoms with Crippen LogP contribution in [-0.4, -0.2) is 25.8 Å². The first-order chi connectivity index (χ1) is 15.4. The van der Waals surface area contributed by atoms with Crippen molar-refractivity contribution in [3.05, 3.63) is 84.6 Å². The fourth-order valence-electron chi connectivity index (χ4n) is 3.34. The summed E-state index contributed by atoms with van der Waals surface area (Å²) in [7, 11) is 0. The standard InChI is InChI=1S/C22H14F3N5O2/c23-22(24,25)15-2-4-16(5-3-15)30-12-14(10-27-30)13-1-6-18-17(9-13)19(11-26-18)29-21(31)20-7-8-28-32-20/h1-12,26H,(H,29,31). The van der Waals surface area contributed by atoms with Gasteiger partial charge in [-0.2, -0.15) is 18.3 Å². The number of carbonyl (C=O) groups excluding carboxylic acids is 1. The van der Waals surface area contributed by atoms with Crippen molar-refractivity contribution in [3.63, 3.8) is 0 Å². The first-order valence-corrected chi connectivity index (χ1v) is 9.44. The van der Waals surface area contributed by atoms with Gasteiger partial charge in [-0.1, -0.05) is 11.2 Å². The number of rotatable bonds is 4. The van der Waals surface area contributed by atoms with E-state index in [4.69, 9.17) is 4.52 Å². The Hall–Kier alpha value is -4.34. The number of aromatic nitrogens is 4. The number of aromatic amines is 1. The van der Waals surface area contributed by atoms with Crippen LogP contribution in [0.3, 0.4) is 0 Å². The summed E-state index contributed by atoms with van der Waals surface area (Å²) in [4.78, 5) is 15.4. The Labute approximate surface area is 178 Å². The Morgan fingerprint density at radius 1 is 1.06 bits per heavy atom. The number of fused-ring (bicyclic) bond motifs is 1. The molecule has 0 aliphatic rings. The number of amides is 1. The topological polar surface area (TPSA) is 88.7 Å². The van der Waals surface area contributed by atoms with Gasteiger partial charge in [-0.05, 0) is 42.0 Å². The lowest BCUT2D eigenvalue weighted by molar-refractivity contribution is -0.137. The van der Waals surface area contributed by atoms with Crippen LogP contribution in [0.1, 0.15) is 16.1 Å². The Morgan fingerprint density at radius 2 is 1.88 bits per heavy atom. The van der Waals surface area contributed by atoms with E-state index in [1.54, 1.807) is 18.6 Å². The van der Waals surface area contributed by atoms with Gasteiger partial charge in [-0.15, -0.1) is 0 Å². The van der Waals surface area contributed by atoms with Gasteiger partial charge in [0.1, 0.15) is 0 Å². The summed E-state index contributed by atoms with van der Waals surface area (Å²) in [5.74, 6) is -0.336. The molecule has 2 N–H and O–H groups in total. The largest absolute Gasteiger partial charge is 0.416 e. The highest BCUT2D eigenvalue weighted by molar-refractivity contribution is 6.08. The molecule has 0 saturated heterocycles. The normalized spacial score (nSPS) is 11.7. The first-order valence-electron chi connectivity index (χ1n) is 9.44. The van der Waals surface area contributed by atoms with E-state index in [0.717, 1.165) is 34.2 Å². The van der Waals surface area contributed by atoms with E-state index in [-0.39, 0.29) is 5.76 Å². The minimum Gasteiger partial charge on any atom is -0.359 e. The summed E-state index contributed by atoms with van der Waals surface area (Å²) in [6.45, 7) is 0. The molecule has 0 spiro atoms. The van der Waals surface area contributed by atoms with Crippen molar-refractivity contribution in [3.8, 4) is 16.8 Å². The number of carbonyl (C=O) groups is 1. The second-order valence-electron chi connectivity index (χ2n) is 7.01. The van der Waals surface area contributed by atoms with Crippen LogP contribution in [0.5, 0.6) is 0 Å². The van der Waals surface area contributed by atoms with Gasteiger partial charge in [-0.3, -0.25) is 4.79 Å². The van der Waals surface area contributed by atoms with Crippen molar-refractivity contribution >= 4 is 22.5 Å². The molecule has 0 fully saturated rings. The van der Waals surface area contributed by atoms with E-state index < -0.39 is 17.6 Å². The summed E-state index contributed by atoms with van der Waals surface area (Å²) in [6, 6.07) is 11.9. The molecule has 5 rings (SSSR count). The van der Waals surface area contributed by atoms with Gasteiger partial charge < -0.3 is 14.8 Å². The van der Waals surface area contributed by atoms with Crippen molar-refractivity contribution in [2.75, 3.05) is 5.32 Å². The Balaban J connectivity index is 1.43. The van der Waals surface area contributed by atoms with E-state index in [0.29, 0.717) is 11.4 Å². The van der Waals surface area contributed by atoms with Crippen LogP contribution in [0.15, 0.2) is 77.8 Å². The van der Waals surface area contributed by atoms with Gasteiger partial charge in [0.15, 0.2) is 0 Å². The third-order valence-corrected chi connectivity index (χ3v) is 4.97. The molecule has 2 aromatic carbocycles. The summed E-state index contributed by atoms with van der Waals surface area (Å²) in [5, 5.41) is 11.3. The molecule has 0 radical (unpaired) electrons. The lowest BCUT2D eigenvalue weighted by atomic mass is 10.1. The zero-order valence-corrected chi connectivity index (χ0v) is 16.2. The van der Waals surface area contributed by atoms with Crippen molar-refractivity contribution < 1.29 is 22.5 Å². The quantitative estimate of drug-likeness (QED) is 0.400. The number of anilines is 1. The number of alkyl halides is 3. The Bertz CT molecular complexity index is 1400. The molecule has 3 aromatic heterocycles. The molecule has 160 valence electrons. The van der Waals surface area contributed by atoms with E-state index >= 15 is 0 Å². The lowest BCUT2D eigenvalue weighted by Crippen LogP contribution is -2.10. The lowest BCUT2D eigenvalue weighted by Gasteiger charge is -2.07. The summed E-state index contributed by atoms with van der Waals surface area (Å²) >= 11 is 0. The monoisotopic (exact) mass is 437 g/mol. The highest BCUT2D eigenvalue weighted by Gasteiger charge is 2.30. The van der Waals surface area contributed by atoms with Crippen LogP contribution in [0, 0.1) is 0 Å². The smallest absolute Gasteiger partial charge is 0.359 e. The molecule has 0 unspecified atom stereocenters. The number of H-pyrrole nitrogens is 1. The van der Waals surface area contributed by atoms with Crippen LogP contribution < -0.4 is 5.32 Å². The van der Waals surface area contributed by atoms with Gasteiger partial charge in [0.25, 0.3) is 5.91 Å². The molecular formula is C22H14F3N5O2. The minimum absolute atomic E-state index is 0.0910. The average Bonchev–Trinajstić information content (AvgIpc) is 3.54. The van der Waals surface area contributed by atoms with Crippen molar-refractivity contribution in [2.24, 2.45) is 0 Å². The van der Waals surface area contributed by atoms with Crippen LogP contribution in [0.2, 0.25) is 0 Å². The third-order valence-electron chi connectivity index (χ3n) is 4.97. The molecule has 0 saturated carbocycles. The van der Waals surface area contributed by atoms with Crippen LogP contribution in [-0.2, 0) is 6.18 Å². The molecule has 10 heteroatoms. The predicted octanol–water partition coefficient (Wildman–Crippen LogP) is 5.28. The molecule has 5 aromatic rings. The second kappa shape index (κ2) is 7.41. The van der Waals surface area contributed by atoms with Crippen LogP contribution >= 0.6 is 0 Å². The van der Waals surface area contributed by atoms with Crippen LogP contribution in [0.4, 0.5) is 18.9 Å². The molecular weight excluding hydrogens is 423 g/mol. The fourth-order valence-corrected chi connectivity index (χ4v) is 3.34. The molecule has 32 heavy (non-hydrogen) atoms. The molecule has 0 bridgehead atoms. The maximum Gasteiger partial charge on any atom is 0.416 e. The molecule has 0 atom stereocenters. The van der Waals surface area contributed by atoms with Gasteiger partial charge in [0.05, 0.1) is 29.3 Å². The molecule has 3 heterocycles. The number of nitrogens with zero attached hydrogens (tertiary/aromatic N) is 3. The highest BCUT2D eigenvalue weighted by Crippen LogP contribution is 2.31. The number of hydrogen-bond acceptors (Lipinski definition) is 4. The Kier molecular flexibility index (Phi) is 4.54. The Morgan fingerprint density at radius 3 is 2.59 bits per heavy atom. The zero-order valence-electron chi connectivity index (χ0n) is 16.2.